The second-order valence-electron chi connectivity index (χ2n) is 6.85. The van der Waals surface area contributed by atoms with Crippen LogP contribution in [0.5, 0.6) is 0 Å². The molecule has 0 saturated carbocycles. The quantitative estimate of drug-likeness (QED) is 0.597. The number of carbonyl (C=O) groups is 1. The SMILES string of the molecule is CNCCCCNC(=O)c1cnc(C(c2ccccc2)C2C=CC=CC2)[nH]1. The van der Waals surface area contributed by atoms with E-state index in [0.29, 0.717) is 18.2 Å². The van der Waals surface area contributed by atoms with Gasteiger partial charge in [-0.2, -0.15) is 0 Å². The molecule has 1 amide bonds. The van der Waals surface area contributed by atoms with Crippen LogP contribution in [-0.2, 0) is 0 Å². The first-order valence-corrected chi connectivity index (χ1v) is 9.65. The van der Waals surface area contributed by atoms with Crippen molar-refractivity contribution in [3.8, 4) is 0 Å². The standard InChI is InChI=1S/C22H28N4O/c1-23-14-8-9-15-24-22(27)19-16-25-21(26-19)20(17-10-4-2-5-11-17)18-12-6-3-7-13-18/h2-7,10-12,16,18,20,23H,8-9,13-15H2,1H3,(H,24,27)(H,25,26). The topological polar surface area (TPSA) is 69.8 Å². The lowest BCUT2D eigenvalue weighted by molar-refractivity contribution is 0.0948. The van der Waals surface area contributed by atoms with Crippen LogP contribution in [0.2, 0.25) is 0 Å². The molecule has 0 radical (unpaired) electrons. The third-order valence-corrected chi connectivity index (χ3v) is 4.87. The van der Waals surface area contributed by atoms with Gasteiger partial charge in [0, 0.05) is 12.5 Å². The maximum absolute atomic E-state index is 12.4. The van der Waals surface area contributed by atoms with Crippen LogP contribution in [0.15, 0.2) is 60.8 Å². The van der Waals surface area contributed by atoms with Crippen LogP contribution in [0.1, 0.15) is 47.1 Å². The number of rotatable bonds is 9. The Labute approximate surface area is 161 Å². The molecule has 0 bridgehead atoms. The van der Waals surface area contributed by atoms with Gasteiger partial charge < -0.3 is 15.6 Å². The molecule has 0 fully saturated rings. The number of unbranched alkanes of at least 4 members (excludes halogenated alkanes) is 1. The zero-order chi connectivity index (χ0) is 18.9. The van der Waals surface area contributed by atoms with Crippen LogP contribution in [-0.4, -0.2) is 36.0 Å². The molecular weight excluding hydrogens is 336 g/mol. The fourth-order valence-corrected chi connectivity index (χ4v) is 3.45. The minimum atomic E-state index is -0.0934. The number of nitrogens with zero attached hydrogens (tertiary/aromatic N) is 1. The highest BCUT2D eigenvalue weighted by atomic mass is 16.1. The second-order valence-corrected chi connectivity index (χ2v) is 6.85. The van der Waals surface area contributed by atoms with E-state index in [1.165, 1.54) is 5.56 Å². The van der Waals surface area contributed by atoms with Gasteiger partial charge >= 0.3 is 0 Å². The predicted molar refractivity (Wildman–Crippen MR) is 109 cm³/mol. The van der Waals surface area contributed by atoms with Gasteiger partial charge in [0.1, 0.15) is 11.5 Å². The number of nitrogens with one attached hydrogen (secondary N) is 3. The maximum Gasteiger partial charge on any atom is 0.269 e. The van der Waals surface area contributed by atoms with E-state index >= 15 is 0 Å². The summed E-state index contributed by atoms with van der Waals surface area (Å²) in [5, 5.41) is 6.08. The highest BCUT2D eigenvalue weighted by Gasteiger charge is 2.26. The van der Waals surface area contributed by atoms with E-state index in [4.69, 9.17) is 0 Å². The molecule has 142 valence electrons. The molecule has 1 aromatic heterocycles. The number of amides is 1. The van der Waals surface area contributed by atoms with E-state index in [1.807, 2.05) is 25.2 Å². The number of benzene rings is 1. The Bertz CT molecular complexity index is 779. The maximum atomic E-state index is 12.4. The van der Waals surface area contributed by atoms with Crippen LogP contribution < -0.4 is 10.6 Å². The van der Waals surface area contributed by atoms with Crippen LogP contribution in [0, 0.1) is 5.92 Å². The van der Waals surface area contributed by atoms with Crippen LogP contribution in [0.4, 0.5) is 0 Å². The number of carbonyl (C=O) groups excluding carboxylic acids is 1. The normalized spacial score (nSPS) is 17.0. The molecule has 27 heavy (non-hydrogen) atoms. The van der Waals surface area contributed by atoms with Gasteiger partial charge in [-0.05, 0) is 44.3 Å². The Kier molecular flexibility index (Phi) is 6.99. The van der Waals surface area contributed by atoms with Crippen molar-refractivity contribution < 1.29 is 4.79 Å². The zero-order valence-electron chi connectivity index (χ0n) is 15.8. The number of H-pyrrole nitrogens is 1. The molecule has 5 heteroatoms. The van der Waals surface area contributed by atoms with Crippen molar-refractivity contribution in [3.05, 3.63) is 77.9 Å². The molecule has 1 aliphatic carbocycles. The van der Waals surface area contributed by atoms with Gasteiger partial charge in [-0.3, -0.25) is 4.79 Å². The van der Waals surface area contributed by atoms with E-state index in [1.54, 1.807) is 6.20 Å². The summed E-state index contributed by atoms with van der Waals surface area (Å²) in [6.07, 6.45) is 13.2. The van der Waals surface area contributed by atoms with Gasteiger partial charge in [-0.15, -0.1) is 0 Å². The zero-order valence-corrected chi connectivity index (χ0v) is 15.8. The molecule has 2 aromatic rings. The summed E-state index contributed by atoms with van der Waals surface area (Å²) in [6.45, 7) is 1.64. The van der Waals surface area contributed by atoms with Crippen LogP contribution in [0.25, 0.3) is 0 Å². The van der Waals surface area contributed by atoms with Gasteiger partial charge in [0.2, 0.25) is 0 Å². The molecular formula is C22H28N4O. The summed E-state index contributed by atoms with van der Waals surface area (Å²) in [4.78, 5) is 20.2. The van der Waals surface area contributed by atoms with Gasteiger partial charge in [0.25, 0.3) is 5.91 Å². The largest absolute Gasteiger partial charge is 0.351 e. The van der Waals surface area contributed by atoms with Gasteiger partial charge in [0.05, 0.1) is 6.20 Å². The second kappa shape index (κ2) is 9.88. The third-order valence-electron chi connectivity index (χ3n) is 4.87. The van der Waals surface area contributed by atoms with E-state index in [-0.39, 0.29) is 11.8 Å². The Morgan fingerprint density at radius 2 is 2.04 bits per heavy atom. The molecule has 0 saturated heterocycles. The Balaban J connectivity index is 1.72. The number of hydrogen-bond acceptors (Lipinski definition) is 3. The lowest BCUT2D eigenvalue weighted by Gasteiger charge is -2.24. The number of aromatic amines is 1. The minimum Gasteiger partial charge on any atom is -0.351 e. The summed E-state index contributed by atoms with van der Waals surface area (Å²) in [5.41, 5.74) is 1.73. The molecule has 5 nitrogen and oxygen atoms in total. The van der Waals surface area contributed by atoms with E-state index in [0.717, 1.165) is 31.6 Å². The Morgan fingerprint density at radius 3 is 2.78 bits per heavy atom. The van der Waals surface area contributed by atoms with E-state index < -0.39 is 0 Å². The smallest absolute Gasteiger partial charge is 0.269 e. The molecule has 1 aliphatic rings. The van der Waals surface area contributed by atoms with Crippen molar-refractivity contribution in [2.75, 3.05) is 20.1 Å². The van der Waals surface area contributed by atoms with Gasteiger partial charge in [-0.1, -0.05) is 54.6 Å². The predicted octanol–water partition coefficient (Wildman–Crippen LogP) is 3.40. The molecule has 1 aromatic carbocycles. The fourth-order valence-electron chi connectivity index (χ4n) is 3.45. The fraction of sp³-hybridized carbons (Fsp3) is 0.364. The van der Waals surface area contributed by atoms with Crippen molar-refractivity contribution in [2.24, 2.45) is 5.92 Å². The average Bonchev–Trinajstić information content (AvgIpc) is 3.19. The summed E-state index contributed by atoms with van der Waals surface area (Å²) in [5.74, 6) is 1.17. The third kappa shape index (κ3) is 5.17. The first-order valence-electron chi connectivity index (χ1n) is 9.65. The number of hydrogen-bond donors (Lipinski definition) is 3. The molecule has 2 unspecified atom stereocenters. The van der Waals surface area contributed by atoms with E-state index in [9.17, 15) is 4.79 Å². The highest BCUT2D eigenvalue weighted by Crippen LogP contribution is 2.34. The van der Waals surface area contributed by atoms with Gasteiger partial charge in [0.15, 0.2) is 0 Å². The summed E-state index contributed by atoms with van der Waals surface area (Å²) in [7, 11) is 1.94. The lowest BCUT2D eigenvalue weighted by atomic mass is 9.81. The highest BCUT2D eigenvalue weighted by molar-refractivity contribution is 5.92. The van der Waals surface area contributed by atoms with Crippen molar-refractivity contribution in [1.29, 1.82) is 0 Å². The molecule has 2 atom stereocenters. The van der Waals surface area contributed by atoms with Crippen LogP contribution >= 0.6 is 0 Å². The molecule has 0 aliphatic heterocycles. The monoisotopic (exact) mass is 364 g/mol. The number of aromatic nitrogens is 2. The van der Waals surface area contributed by atoms with Crippen molar-refractivity contribution in [3.63, 3.8) is 0 Å². The summed E-state index contributed by atoms with van der Waals surface area (Å²) in [6, 6.07) is 10.4. The molecule has 3 N–H and O–H groups in total. The van der Waals surface area contributed by atoms with Crippen molar-refractivity contribution in [2.45, 2.75) is 25.2 Å². The first kappa shape index (κ1) is 19.1. The Morgan fingerprint density at radius 1 is 1.22 bits per heavy atom. The average molecular weight is 364 g/mol. The summed E-state index contributed by atoms with van der Waals surface area (Å²) >= 11 is 0. The van der Waals surface area contributed by atoms with Crippen molar-refractivity contribution in [1.82, 2.24) is 20.6 Å². The lowest BCUT2D eigenvalue weighted by Crippen LogP contribution is -2.25. The molecule has 1 heterocycles. The molecule has 3 rings (SSSR count). The van der Waals surface area contributed by atoms with E-state index in [2.05, 4.69) is 57.0 Å². The number of imidazole rings is 1. The Hall–Kier alpha value is -2.66. The number of allylic oxidation sites excluding steroid dienone is 4. The van der Waals surface area contributed by atoms with Crippen molar-refractivity contribution >= 4 is 5.91 Å². The minimum absolute atomic E-state index is 0.0934. The first-order chi connectivity index (χ1) is 13.3. The molecule has 0 spiro atoms. The summed E-state index contributed by atoms with van der Waals surface area (Å²) < 4.78 is 0. The van der Waals surface area contributed by atoms with Gasteiger partial charge in [-0.25, -0.2) is 4.98 Å². The van der Waals surface area contributed by atoms with Crippen LogP contribution in [0.3, 0.4) is 0 Å².